The number of rotatable bonds is 5. The molecule has 1 aromatic heterocycles. The van der Waals surface area contributed by atoms with Crippen molar-refractivity contribution in [3.05, 3.63) is 59.9 Å². The number of aliphatic imine (C=N–C) groups is 1. The van der Waals surface area contributed by atoms with E-state index in [9.17, 15) is 4.79 Å². The van der Waals surface area contributed by atoms with Crippen molar-refractivity contribution >= 4 is 11.7 Å². The Bertz CT molecular complexity index is 726. The van der Waals surface area contributed by atoms with Gasteiger partial charge in [-0.2, -0.15) is 0 Å². The van der Waals surface area contributed by atoms with Crippen molar-refractivity contribution in [2.24, 2.45) is 10.9 Å². The van der Waals surface area contributed by atoms with Gasteiger partial charge in [-0.3, -0.25) is 14.8 Å². The third-order valence-corrected chi connectivity index (χ3v) is 4.19. The van der Waals surface area contributed by atoms with Crippen LogP contribution in [-0.2, 0) is 9.53 Å². The van der Waals surface area contributed by atoms with E-state index in [2.05, 4.69) is 9.98 Å². The van der Waals surface area contributed by atoms with Crippen molar-refractivity contribution in [1.82, 2.24) is 4.98 Å². The van der Waals surface area contributed by atoms with E-state index in [1.54, 1.807) is 19.5 Å². The lowest BCUT2D eigenvalue weighted by Crippen LogP contribution is -2.29. The number of hydrogen-bond acceptors (Lipinski definition) is 5. The molecule has 0 bridgehead atoms. The van der Waals surface area contributed by atoms with E-state index in [0.29, 0.717) is 13.2 Å². The summed E-state index contributed by atoms with van der Waals surface area (Å²) in [5, 5.41) is 0. The molecular formula is C19H20N2O3. The second-order valence-electron chi connectivity index (χ2n) is 5.58. The maximum Gasteiger partial charge on any atom is 0.315 e. The Morgan fingerprint density at radius 2 is 2.04 bits per heavy atom. The highest BCUT2D eigenvalue weighted by Crippen LogP contribution is 2.34. The number of aromatic nitrogens is 1. The molecule has 0 spiro atoms. The predicted molar refractivity (Wildman–Crippen MR) is 91.5 cm³/mol. The Kier molecular flexibility index (Phi) is 4.89. The minimum absolute atomic E-state index is 0.0464. The highest BCUT2D eigenvalue weighted by Gasteiger charge is 2.39. The molecule has 24 heavy (non-hydrogen) atoms. The molecule has 0 radical (unpaired) electrons. The molecule has 3 rings (SSSR count). The number of carbonyl (C=O) groups excluding carboxylic acids is 1. The summed E-state index contributed by atoms with van der Waals surface area (Å²) in [7, 11) is 1.63. The van der Waals surface area contributed by atoms with E-state index in [4.69, 9.17) is 9.47 Å². The smallest absolute Gasteiger partial charge is 0.315 e. The van der Waals surface area contributed by atoms with Gasteiger partial charge in [-0.25, -0.2) is 0 Å². The summed E-state index contributed by atoms with van der Waals surface area (Å²) in [6.07, 6.45) is 3.52. The molecule has 2 aromatic rings. The third kappa shape index (κ3) is 3.15. The molecule has 1 aliphatic rings. The largest absolute Gasteiger partial charge is 0.497 e. The molecular weight excluding hydrogens is 304 g/mol. The maximum absolute atomic E-state index is 12.6. The van der Waals surface area contributed by atoms with Gasteiger partial charge in [0, 0.05) is 24.9 Å². The monoisotopic (exact) mass is 324 g/mol. The van der Waals surface area contributed by atoms with Crippen molar-refractivity contribution < 1.29 is 14.3 Å². The molecule has 0 aliphatic carbocycles. The van der Waals surface area contributed by atoms with Gasteiger partial charge in [-0.05, 0) is 48.4 Å². The molecule has 0 N–H and O–H groups in total. The first-order chi connectivity index (χ1) is 11.7. The number of ether oxygens (including phenoxy) is 2. The zero-order chi connectivity index (χ0) is 16.9. The molecule has 5 heteroatoms. The van der Waals surface area contributed by atoms with Crippen LogP contribution in [0.4, 0.5) is 0 Å². The molecule has 0 amide bonds. The summed E-state index contributed by atoms with van der Waals surface area (Å²) in [4.78, 5) is 21.4. The van der Waals surface area contributed by atoms with Crippen molar-refractivity contribution in [1.29, 1.82) is 0 Å². The predicted octanol–water partition coefficient (Wildman–Crippen LogP) is 2.86. The van der Waals surface area contributed by atoms with Crippen LogP contribution in [-0.4, -0.2) is 36.9 Å². The van der Waals surface area contributed by atoms with E-state index in [-0.39, 0.29) is 11.9 Å². The molecule has 0 saturated carbocycles. The minimum Gasteiger partial charge on any atom is -0.497 e. The molecule has 2 atom stereocenters. The van der Waals surface area contributed by atoms with Crippen molar-refractivity contribution in [2.75, 3.05) is 20.3 Å². The van der Waals surface area contributed by atoms with Gasteiger partial charge in [0.2, 0.25) is 0 Å². The zero-order valence-electron chi connectivity index (χ0n) is 13.8. The first kappa shape index (κ1) is 16.2. The summed E-state index contributed by atoms with van der Waals surface area (Å²) in [5.41, 5.74) is 2.69. The second kappa shape index (κ2) is 7.25. The average Bonchev–Trinajstić information content (AvgIpc) is 3.08. The third-order valence-electron chi connectivity index (χ3n) is 4.19. The molecule has 0 fully saturated rings. The van der Waals surface area contributed by atoms with Gasteiger partial charge in [0.25, 0.3) is 0 Å². The average molecular weight is 324 g/mol. The lowest BCUT2D eigenvalue weighted by Gasteiger charge is -2.20. The number of benzene rings is 1. The number of pyridine rings is 1. The van der Waals surface area contributed by atoms with Gasteiger partial charge < -0.3 is 9.47 Å². The summed E-state index contributed by atoms with van der Waals surface area (Å²) in [5.74, 6) is 0.0738. The first-order valence-electron chi connectivity index (χ1n) is 8.00. The van der Waals surface area contributed by atoms with Crippen molar-refractivity contribution in [3.63, 3.8) is 0 Å². The van der Waals surface area contributed by atoms with Crippen molar-refractivity contribution in [3.8, 4) is 5.75 Å². The summed E-state index contributed by atoms with van der Waals surface area (Å²) in [6, 6.07) is 11.5. The molecule has 5 nitrogen and oxygen atoms in total. The van der Waals surface area contributed by atoms with Gasteiger partial charge in [-0.1, -0.05) is 6.07 Å². The summed E-state index contributed by atoms with van der Waals surface area (Å²) < 4.78 is 10.5. The van der Waals surface area contributed by atoms with Crippen molar-refractivity contribution in [2.45, 2.75) is 12.8 Å². The van der Waals surface area contributed by atoms with E-state index in [1.165, 1.54) is 0 Å². The standard InChI is InChI=1S/C19H20N2O3/c1-3-24-19(22)17-16(14-5-4-10-20-11-14)12-21-18(17)13-6-8-15(23-2)9-7-13/h4-11,16-17H,3,12H2,1-2H3. The van der Waals surface area contributed by atoms with Crippen LogP contribution in [0.15, 0.2) is 53.8 Å². The Morgan fingerprint density at radius 1 is 1.25 bits per heavy atom. The number of carbonyl (C=O) groups is 1. The van der Waals surface area contributed by atoms with Crippen LogP contribution in [0.1, 0.15) is 24.0 Å². The van der Waals surface area contributed by atoms with Gasteiger partial charge in [0.15, 0.2) is 0 Å². The SMILES string of the molecule is CCOC(=O)C1C(c2ccc(OC)cc2)=NCC1c1cccnc1. The fourth-order valence-corrected chi connectivity index (χ4v) is 3.02. The first-order valence-corrected chi connectivity index (χ1v) is 8.00. The van der Waals surface area contributed by atoms with Gasteiger partial charge in [0.1, 0.15) is 11.7 Å². The molecule has 1 aliphatic heterocycles. The lowest BCUT2D eigenvalue weighted by atomic mass is 9.84. The van der Waals surface area contributed by atoms with Crippen LogP contribution in [0.25, 0.3) is 0 Å². The van der Waals surface area contributed by atoms with Crippen LogP contribution in [0.5, 0.6) is 5.75 Å². The molecule has 124 valence electrons. The number of nitrogens with zero attached hydrogens (tertiary/aromatic N) is 2. The zero-order valence-corrected chi connectivity index (χ0v) is 13.8. The topological polar surface area (TPSA) is 60.8 Å². The lowest BCUT2D eigenvalue weighted by molar-refractivity contribution is -0.145. The number of hydrogen-bond donors (Lipinski definition) is 0. The van der Waals surface area contributed by atoms with Gasteiger partial charge in [-0.15, -0.1) is 0 Å². The molecule has 1 aromatic carbocycles. The van der Waals surface area contributed by atoms with Crippen LogP contribution < -0.4 is 4.74 Å². The van der Waals surface area contributed by atoms with E-state index in [0.717, 1.165) is 22.6 Å². The molecule has 2 unspecified atom stereocenters. The van der Waals surface area contributed by atoms with E-state index < -0.39 is 5.92 Å². The summed E-state index contributed by atoms with van der Waals surface area (Å²) >= 11 is 0. The number of methoxy groups -OCH3 is 1. The highest BCUT2D eigenvalue weighted by molar-refractivity contribution is 6.13. The minimum atomic E-state index is -0.414. The molecule has 0 saturated heterocycles. The van der Waals surface area contributed by atoms with E-state index in [1.807, 2.05) is 43.3 Å². The highest BCUT2D eigenvalue weighted by atomic mass is 16.5. The Balaban J connectivity index is 1.94. The van der Waals surface area contributed by atoms with Gasteiger partial charge >= 0.3 is 5.97 Å². The fraction of sp³-hybridized carbons (Fsp3) is 0.316. The van der Waals surface area contributed by atoms with E-state index >= 15 is 0 Å². The van der Waals surface area contributed by atoms with Crippen LogP contribution in [0.2, 0.25) is 0 Å². The van der Waals surface area contributed by atoms with Gasteiger partial charge in [0.05, 0.1) is 19.4 Å². The normalized spacial score (nSPS) is 19.7. The Hall–Kier alpha value is -2.69. The van der Waals surface area contributed by atoms with Crippen LogP contribution in [0, 0.1) is 5.92 Å². The Labute approximate surface area is 141 Å². The fourth-order valence-electron chi connectivity index (χ4n) is 3.02. The Morgan fingerprint density at radius 3 is 2.67 bits per heavy atom. The maximum atomic E-state index is 12.6. The van der Waals surface area contributed by atoms with Crippen LogP contribution in [0.3, 0.4) is 0 Å². The summed E-state index contributed by atoms with van der Waals surface area (Å²) in [6.45, 7) is 2.72. The molecule has 2 heterocycles. The quantitative estimate of drug-likeness (QED) is 0.794. The number of esters is 1. The van der Waals surface area contributed by atoms with Crippen LogP contribution >= 0.6 is 0 Å². The second-order valence-corrected chi connectivity index (χ2v) is 5.58.